The zero-order valence-corrected chi connectivity index (χ0v) is 19.7. The molecule has 0 aliphatic heterocycles. The van der Waals surface area contributed by atoms with Gasteiger partial charge in [-0.25, -0.2) is 9.78 Å². The third kappa shape index (κ3) is 8.81. The van der Waals surface area contributed by atoms with Crippen molar-refractivity contribution in [2.45, 2.75) is 71.1 Å². The van der Waals surface area contributed by atoms with E-state index in [1.807, 2.05) is 0 Å². The van der Waals surface area contributed by atoms with Crippen molar-refractivity contribution in [3.8, 4) is 0 Å². The van der Waals surface area contributed by atoms with Gasteiger partial charge in [0.2, 0.25) is 17.7 Å². The van der Waals surface area contributed by atoms with E-state index in [-0.39, 0.29) is 12.3 Å². The summed E-state index contributed by atoms with van der Waals surface area (Å²) in [6.45, 7) is 6.84. The Kier molecular flexibility index (Phi) is 11.2. The van der Waals surface area contributed by atoms with Crippen molar-refractivity contribution in [3.05, 3.63) is 18.2 Å². The van der Waals surface area contributed by atoms with E-state index in [1.165, 1.54) is 12.5 Å². The number of imidazole rings is 1. The van der Waals surface area contributed by atoms with Crippen LogP contribution in [-0.2, 0) is 30.4 Å². The number of carboxylic acids is 2. The standard InChI is InChI=1S/C21H34N6O7/c1-5-11(4)17(21(33)34)27-20(32)16(10(2)3)26-19(31)14(6-12-8-23-9-24-12)25-18(30)13(22)7-15(28)29/h8-11,13-14,16-17H,5-7,22H2,1-4H3,(H,23,24)(H,25,30)(H,26,31)(H,27,32)(H,28,29)(H,33,34). The molecule has 1 aromatic heterocycles. The van der Waals surface area contributed by atoms with Crippen molar-refractivity contribution in [2.24, 2.45) is 17.6 Å². The second-order valence-electron chi connectivity index (χ2n) is 8.49. The summed E-state index contributed by atoms with van der Waals surface area (Å²) in [5.41, 5.74) is 6.10. The summed E-state index contributed by atoms with van der Waals surface area (Å²) in [6.07, 6.45) is 2.68. The Bertz CT molecular complexity index is 858. The average molecular weight is 483 g/mol. The van der Waals surface area contributed by atoms with E-state index in [4.69, 9.17) is 10.8 Å². The number of aliphatic carboxylic acids is 2. The number of carbonyl (C=O) groups is 5. The Morgan fingerprint density at radius 1 is 1.00 bits per heavy atom. The maximum atomic E-state index is 13.1. The molecule has 0 aromatic carbocycles. The van der Waals surface area contributed by atoms with E-state index >= 15 is 0 Å². The van der Waals surface area contributed by atoms with Gasteiger partial charge < -0.3 is 36.9 Å². The van der Waals surface area contributed by atoms with Gasteiger partial charge in [-0.05, 0) is 11.8 Å². The van der Waals surface area contributed by atoms with Crippen LogP contribution in [0.4, 0.5) is 0 Å². The zero-order chi connectivity index (χ0) is 26.0. The van der Waals surface area contributed by atoms with Gasteiger partial charge in [-0.1, -0.05) is 34.1 Å². The van der Waals surface area contributed by atoms with E-state index in [0.29, 0.717) is 12.1 Å². The molecule has 13 nitrogen and oxygen atoms in total. The predicted octanol–water partition coefficient (Wildman–Crippen LogP) is -1.00. The maximum Gasteiger partial charge on any atom is 0.326 e. The summed E-state index contributed by atoms with van der Waals surface area (Å²) in [6, 6.07) is -4.81. The van der Waals surface area contributed by atoms with E-state index in [2.05, 4.69) is 25.9 Å². The lowest BCUT2D eigenvalue weighted by molar-refractivity contribution is -0.144. The summed E-state index contributed by atoms with van der Waals surface area (Å²) in [4.78, 5) is 67.4. The van der Waals surface area contributed by atoms with E-state index in [0.717, 1.165) is 0 Å². The minimum absolute atomic E-state index is 0.0333. The van der Waals surface area contributed by atoms with Crippen molar-refractivity contribution in [3.63, 3.8) is 0 Å². The molecule has 0 bridgehead atoms. The number of aromatic nitrogens is 2. The molecule has 3 amide bonds. The Hall–Kier alpha value is -3.48. The molecule has 0 aliphatic carbocycles. The number of hydrogen-bond acceptors (Lipinski definition) is 7. The van der Waals surface area contributed by atoms with Gasteiger partial charge in [0.05, 0.1) is 18.8 Å². The average Bonchev–Trinajstić information content (AvgIpc) is 3.26. The number of carboxylic acid groups (broad SMARTS) is 2. The molecule has 0 spiro atoms. The number of amides is 3. The van der Waals surface area contributed by atoms with Crippen LogP contribution in [0.1, 0.15) is 46.2 Å². The Balaban J connectivity index is 3.04. The number of rotatable bonds is 14. The smallest absolute Gasteiger partial charge is 0.326 e. The molecule has 1 aromatic rings. The number of carbonyl (C=O) groups excluding carboxylic acids is 3. The first kappa shape index (κ1) is 28.6. The summed E-state index contributed by atoms with van der Waals surface area (Å²) in [7, 11) is 0. The largest absolute Gasteiger partial charge is 0.481 e. The third-order valence-corrected chi connectivity index (χ3v) is 5.37. The van der Waals surface area contributed by atoms with Gasteiger partial charge >= 0.3 is 11.9 Å². The number of nitrogens with one attached hydrogen (secondary N) is 4. The maximum absolute atomic E-state index is 13.1. The van der Waals surface area contributed by atoms with Crippen LogP contribution >= 0.6 is 0 Å². The predicted molar refractivity (Wildman–Crippen MR) is 120 cm³/mol. The van der Waals surface area contributed by atoms with Gasteiger partial charge in [-0.2, -0.15) is 0 Å². The van der Waals surface area contributed by atoms with Crippen LogP contribution in [0.3, 0.4) is 0 Å². The number of nitrogens with two attached hydrogens (primary N) is 1. The number of hydrogen-bond donors (Lipinski definition) is 7. The molecule has 34 heavy (non-hydrogen) atoms. The first-order chi connectivity index (χ1) is 15.9. The molecule has 190 valence electrons. The molecule has 0 saturated heterocycles. The Labute approximate surface area is 197 Å². The second-order valence-corrected chi connectivity index (χ2v) is 8.49. The fourth-order valence-electron chi connectivity index (χ4n) is 3.10. The minimum atomic E-state index is -1.38. The van der Waals surface area contributed by atoms with Gasteiger partial charge in [-0.15, -0.1) is 0 Å². The van der Waals surface area contributed by atoms with E-state index in [1.54, 1.807) is 27.7 Å². The van der Waals surface area contributed by atoms with Gasteiger partial charge in [-0.3, -0.25) is 19.2 Å². The highest BCUT2D eigenvalue weighted by Crippen LogP contribution is 2.11. The molecular weight excluding hydrogens is 448 g/mol. The van der Waals surface area contributed by atoms with Gasteiger partial charge in [0.1, 0.15) is 18.1 Å². The van der Waals surface area contributed by atoms with Gasteiger partial charge in [0.15, 0.2) is 0 Å². The van der Waals surface area contributed by atoms with Crippen LogP contribution in [0.2, 0.25) is 0 Å². The fourth-order valence-corrected chi connectivity index (χ4v) is 3.10. The molecule has 0 fully saturated rings. The van der Waals surface area contributed by atoms with E-state index < -0.39 is 66.2 Å². The van der Waals surface area contributed by atoms with Gasteiger partial charge in [0.25, 0.3) is 0 Å². The molecular formula is C21H34N6O7. The highest BCUT2D eigenvalue weighted by atomic mass is 16.4. The van der Waals surface area contributed by atoms with Crippen molar-refractivity contribution < 1.29 is 34.2 Å². The molecule has 13 heteroatoms. The Morgan fingerprint density at radius 2 is 1.62 bits per heavy atom. The van der Waals surface area contributed by atoms with Crippen molar-refractivity contribution in [2.75, 3.05) is 0 Å². The van der Waals surface area contributed by atoms with Gasteiger partial charge in [0, 0.05) is 18.3 Å². The topological polar surface area (TPSA) is 217 Å². The minimum Gasteiger partial charge on any atom is -0.481 e. The van der Waals surface area contributed by atoms with Crippen LogP contribution in [0.5, 0.6) is 0 Å². The molecule has 1 rings (SSSR count). The normalized spacial score (nSPS) is 15.5. The quantitative estimate of drug-likeness (QED) is 0.173. The first-order valence-corrected chi connectivity index (χ1v) is 11.0. The van der Waals surface area contributed by atoms with Crippen LogP contribution in [-0.4, -0.2) is 74.0 Å². The summed E-state index contributed by atoms with van der Waals surface area (Å²) >= 11 is 0. The molecule has 0 aliphatic rings. The summed E-state index contributed by atoms with van der Waals surface area (Å²) in [5, 5.41) is 25.8. The molecule has 0 saturated carbocycles. The highest BCUT2D eigenvalue weighted by molar-refractivity contribution is 5.95. The SMILES string of the molecule is CCC(C)C(NC(=O)C(NC(=O)C(Cc1cnc[nH]1)NC(=O)C(N)CC(=O)O)C(C)C)C(=O)O. The molecule has 8 N–H and O–H groups in total. The first-order valence-electron chi connectivity index (χ1n) is 11.0. The number of nitrogens with zero attached hydrogens (tertiary/aromatic N) is 1. The van der Waals surface area contributed by atoms with Crippen molar-refractivity contribution in [1.82, 2.24) is 25.9 Å². The second kappa shape index (κ2) is 13.3. The number of aromatic amines is 1. The molecule has 1 heterocycles. The van der Waals surface area contributed by atoms with E-state index in [9.17, 15) is 29.1 Å². The van der Waals surface area contributed by atoms with Crippen LogP contribution in [0.15, 0.2) is 12.5 Å². The fraction of sp³-hybridized carbons (Fsp3) is 0.619. The van der Waals surface area contributed by atoms with Crippen LogP contribution < -0.4 is 21.7 Å². The van der Waals surface area contributed by atoms with Crippen LogP contribution in [0, 0.1) is 11.8 Å². The third-order valence-electron chi connectivity index (χ3n) is 5.37. The summed E-state index contributed by atoms with van der Waals surface area (Å²) in [5.74, 6) is -5.46. The number of H-pyrrole nitrogens is 1. The Morgan fingerprint density at radius 3 is 2.09 bits per heavy atom. The lowest BCUT2D eigenvalue weighted by atomic mass is 9.97. The summed E-state index contributed by atoms with van der Waals surface area (Å²) < 4.78 is 0. The van der Waals surface area contributed by atoms with Crippen LogP contribution in [0.25, 0.3) is 0 Å². The lowest BCUT2D eigenvalue weighted by Crippen LogP contribution is -2.59. The molecule has 0 radical (unpaired) electrons. The zero-order valence-electron chi connectivity index (χ0n) is 19.7. The lowest BCUT2D eigenvalue weighted by Gasteiger charge is -2.28. The molecule has 5 unspecified atom stereocenters. The highest BCUT2D eigenvalue weighted by Gasteiger charge is 2.33. The van der Waals surface area contributed by atoms with Crippen molar-refractivity contribution >= 4 is 29.7 Å². The molecule has 5 atom stereocenters. The van der Waals surface area contributed by atoms with Crippen molar-refractivity contribution in [1.29, 1.82) is 0 Å². The monoisotopic (exact) mass is 482 g/mol.